The fraction of sp³-hybridized carbons (Fsp3) is 0.320. The Labute approximate surface area is 234 Å². The molecule has 0 radical (unpaired) electrons. The van der Waals surface area contributed by atoms with Crippen molar-refractivity contribution in [3.05, 3.63) is 53.6 Å². The van der Waals surface area contributed by atoms with Crippen LogP contribution in [0.25, 0.3) is 0 Å². The summed E-state index contributed by atoms with van der Waals surface area (Å²) in [6.45, 7) is 1.30. The van der Waals surface area contributed by atoms with Crippen molar-refractivity contribution in [2.45, 2.75) is 31.8 Å². The third-order valence-corrected chi connectivity index (χ3v) is 9.48. The zero-order valence-corrected chi connectivity index (χ0v) is 23.8. The number of carboxylic acid groups (broad SMARTS) is 2. The van der Waals surface area contributed by atoms with Crippen LogP contribution in [0.4, 0.5) is 5.69 Å². The average molecular weight is 626 g/mol. The molecule has 0 saturated carbocycles. The van der Waals surface area contributed by atoms with Gasteiger partial charge in [-0.15, -0.1) is 0 Å². The number of hydrogen-bond acceptors (Lipinski definition) is 8. The number of carboxylic acids is 2. The maximum absolute atomic E-state index is 13.1. The van der Waals surface area contributed by atoms with Crippen LogP contribution in [-0.2, 0) is 19.2 Å². The quantitative estimate of drug-likeness (QED) is 0.148. The number of hydrogen-bond donors (Lipinski definition) is 6. The Kier molecular flexibility index (Phi) is 12.8. The van der Waals surface area contributed by atoms with Crippen LogP contribution in [0.3, 0.4) is 0 Å². The fourth-order valence-corrected chi connectivity index (χ4v) is 7.58. The summed E-state index contributed by atoms with van der Waals surface area (Å²) in [5, 5.41) is 25.4. The Balaban J connectivity index is 2.13. The molecule has 2 atom stereocenters. The summed E-state index contributed by atoms with van der Waals surface area (Å²) in [6, 6.07) is 10.1. The van der Waals surface area contributed by atoms with Crippen LogP contribution in [0.5, 0.6) is 5.75 Å². The molecule has 0 saturated heterocycles. The molecule has 0 unspecified atom stereocenters. The number of carbonyl (C=O) groups is 5. The molecule has 7 N–H and O–H groups in total. The third kappa shape index (κ3) is 10.6. The summed E-state index contributed by atoms with van der Waals surface area (Å²) >= 11 is -0.464. The summed E-state index contributed by atoms with van der Waals surface area (Å²) in [5.74, 6) is -3.63. The van der Waals surface area contributed by atoms with E-state index in [1.165, 1.54) is 17.3 Å². The van der Waals surface area contributed by atoms with E-state index in [4.69, 9.17) is 20.7 Å². The molecular weight excluding hydrogens is 595 g/mol. The Morgan fingerprint density at radius 2 is 1.77 bits per heavy atom. The molecule has 2 aromatic carbocycles. The number of aryl methyl sites for hydroxylation is 1. The molecule has 0 aliphatic heterocycles. The number of anilines is 1. The van der Waals surface area contributed by atoms with Gasteiger partial charge >= 0.3 is 235 Å². The van der Waals surface area contributed by atoms with Crippen LogP contribution in [0, 0.1) is 6.92 Å². The van der Waals surface area contributed by atoms with E-state index in [1.807, 2.05) is 19.1 Å². The second-order valence-corrected chi connectivity index (χ2v) is 12.4. The van der Waals surface area contributed by atoms with Crippen LogP contribution in [0.15, 0.2) is 42.5 Å². The molecule has 0 fully saturated rings. The summed E-state index contributed by atoms with van der Waals surface area (Å²) in [5.41, 5.74) is 7.50. The van der Waals surface area contributed by atoms with Crippen molar-refractivity contribution in [3.63, 3.8) is 0 Å². The van der Waals surface area contributed by atoms with Gasteiger partial charge in [0.15, 0.2) is 0 Å². The average Bonchev–Trinajstić information content (AvgIpc) is 2.90. The van der Waals surface area contributed by atoms with Crippen molar-refractivity contribution < 1.29 is 38.9 Å². The van der Waals surface area contributed by atoms with Crippen molar-refractivity contribution in [1.29, 1.82) is 0 Å². The first-order chi connectivity index (χ1) is 18.5. The monoisotopic (exact) mass is 626 g/mol. The predicted molar refractivity (Wildman–Crippen MR) is 147 cm³/mol. The van der Waals surface area contributed by atoms with Crippen molar-refractivity contribution in [2.75, 3.05) is 24.7 Å². The number of nitrogens with one attached hydrogen (secondary N) is 3. The van der Waals surface area contributed by atoms with E-state index in [0.29, 0.717) is 21.5 Å². The maximum atomic E-state index is 13.1. The number of aliphatic carboxylic acids is 2. The summed E-state index contributed by atoms with van der Waals surface area (Å²) in [6.07, 6.45) is -0.371. The molecule has 14 heteroatoms. The second-order valence-electron chi connectivity index (χ2n) is 8.24. The number of carbonyl (C=O) groups excluding carboxylic acids is 3. The molecule has 0 aliphatic rings. The van der Waals surface area contributed by atoms with Crippen molar-refractivity contribution in [3.8, 4) is 5.75 Å². The van der Waals surface area contributed by atoms with Gasteiger partial charge in [0.2, 0.25) is 0 Å². The van der Waals surface area contributed by atoms with Gasteiger partial charge < -0.3 is 0 Å². The van der Waals surface area contributed by atoms with Crippen LogP contribution in [-0.4, -0.2) is 85.2 Å². The zero-order valence-electron chi connectivity index (χ0n) is 21.3. The Hall–Kier alpha value is -3.58. The summed E-state index contributed by atoms with van der Waals surface area (Å²) in [7, 11) is 2.76. The van der Waals surface area contributed by atoms with Gasteiger partial charge in [-0.3, -0.25) is 0 Å². The molecule has 2 aromatic rings. The van der Waals surface area contributed by atoms with Crippen LogP contribution in [0.2, 0.25) is 0 Å². The van der Waals surface area contributed by atoms with Crippen molar-refractivity contribution >= 4 is 63.8 Å². The van der Waals surface area contributed by atoms with Gasteiger partial charge in [-0.05, 0) is 0 Å². The van der Waals surface area contributed by atoms with Crippen LogP contribution >= 0.6 is 10.2 Å². The van der Waals surface area contributed by atoms with E-state index in [2.05, 4.69) is 16.0 Å². The van der Waals surface area contributed by atoms with Crippen LogP contribution in [0.1, 0.15) is 28.8 Å². The summed E-state index contributed by atoms with van der Waals surface area (Å²) in [4.78, 5) is 59.8. The number of amides is 3. The molecule has 3 amide bonds. The first-order valence-corrected chi connectivity index (χ1v) is 15.5. The summed E-state index contributed by atoms with van der Waals surface area (Å²) < 4.78 is 6.09. The number of ether oxygens (including phenoxy) is 1. The molecule has 210 valence electrons. The van der Waals surface area contributed by atoms with Gasteiger partial charge in [-0.2, -0.15) is 0 Å². The molecule has 39 heavy (non-hydrogen) atoms. The topological polar surface area (TPSA) is 197 Å². The molecule has 12 nitrogen and oxygen atoms in total. The van der Waals surface area contributed by atoms with Gasteiger partial charge in [0.1, 0.15) is 0 Å². The Morgan fingerprint density at radius 1 is 1.08 bits per heavy atom. The third-order valence-electron chi connectivity index (χ3n) is 5.20. The minimum atomic E-state index is -1.25. The van der Waals surface area contributed by atoms with E-state index >= 15 is 0 Å². The van der Waals surface area contributed by atoms with E-state index in [1.54, 1.807) is 30.3 Å². The first kappa shape index (κ1) is 31.6. The normalized spacial score (nSPS) is 12.1. The molecule has 2 rings (SSSR count). The molecule has 0 aliphatic carbocycles. The minimum absolute atomic E-state index is 0.0548. The van der Waals surface area contributed by atoms with E-state index in [-0.39, 0.29) is 24.5 Å². The molecule has 0 spiro atoms. The molecule has 0 bridgehead atoms. The molecule has 0 aromatic heterocycles. The second kappa shape index (κ2) is 15.7. The number of rotatable bonds is 15. The van der Waals surface area contributed by atoms with Crippen molar-refractivity contribution in [2.24, 2.45) is 5.73 Å². The molecular formula is C25H30N4O8SSe. The van der Waals surface area contributed by atoms with E-state index < -0.39 is 56.2 Å². The van der Waals surface area contributed by atoms with Gasteiger partial charge in [0, 0.05) is 0 Å². The SMILES string of the molecule is COc1cccc(C(=O)Nc2ccc(C)cc2)c1[Se]SC[C@@H](NC(=O)CC[C@@H](N)C(=O)O)C(=O)NCC(=O)O. The van der Waals surface area contributed by atoms with E-state index in [9.17, 15) is 24.0 Å². The van der Waals surface area contributed by atoms with Gasteiger partial charge in [-0.25, -0.2) is 0 Å². The number of methoxy groups -OCH3 is 1. The fourth-order valence-electron chi connectivity index (χ4n) is 3.08. The van der Waals surface area contributed by atoms with E-state index in [0.717, 1.165) is 5.56 Å². The number of benzene rings is 2. The first-order valence-electron chi connectivity index (χ1n) is 11.6. The number of nitrogens with two attached hydrogens (primary N) is 1. The van der Waals surface area contributed by atoms with Gasteiger partial charge in [0.05, 0.1) is 0 Å². The van der Waals surface area contributed by atoms with Crippen LogP contribution < -0.4 is 30.9 Å². The predicted octanol–water partition coefficient (Wildman–Crippen LogP) is 0.111. The van der Waals surface area contributed by atoms with Crippen molar-refractivity contribution in [1.82, 2.24) is 10.6 Å². The van der Waals surface area contributed by atoms with Gasteiger partial charge in [0.25, 0.3) is 0 Å². The Bertz CT molecular complexity index is 1200. The molecule has 0 heterocycles. The Morgan fingerprint density at radius 3 is 2.38 bits per heavy atom. The zero-order chi connectivity index (χ0) is 28.9. The standard InChI is InChI=1S/C25H30N4O8SSe/c1-14-6-8-15(9-7-14)28-23(33)16-4-3-5-19(37-2)22(16)39-38-13-18(24(34)27-12-21(31)32)29-20(30)11-10-17(26)25(35)36/h3-9,17-18H,10-13,26H2,1-2H3,(H,27,34)(H,28,33)(H,29,30)(H,31,32)(H,35,36)/t17-,18-/m1/s1. The van der Waals surface area contributed by atoms with Gasteiger partial charge in [-0.1, -0.05) is 0 Å².